The van der Waals surface area contributed by atoms with Gasteiger partial charge in [-0.1, -0.05) is 24.3 Å². The molecule has 0 saturated heterocycles. The van der Waals surface area contributed by atoms with Crippen LogP contribution in [0.2, 0.25) is 0 Å². The van der Waals surface area contributed by atoms with Crippen molar-refractivity contribution < 1.29 is 4.92 Å². The maximum atomic E-state index is 10.9. The molecule has 4 nitrogen and oxygen atoms in total. The maximum Gasteiger partial charge on any atom is 0.283 e. The van der Waals surface area contributed by atoms with E-state index >= 15 is 0 Å². The van der Waals surface area contributed by atoms with Crippen molar-refractivity contribution in [2.75, 3.05) is 5.32 Å². The van der Waals surface area contributed by atoms with Crippen molar-refractivity contribution in [2.24, 2.45) is 0 Å². The molecule has 20 heavy (non-hydrogen) atoms. The Hall–Kier alpha value is -1.40. The highest BCUT2D eigenvalue weighted by molar-refractivity contribution is 9.11. The van der Waals surface area contributed by atoms with E-state index in [1.807, 2.05) is 31.2 Å². The summed E-state index contributed by atoms with van der Waals surface area (Å²) in [4.78, 5) is 10.5. The predicted octanol–water partition coefficient (Wildman–Crippen LogP) is 5.04. The highest BCUT2D eigenvalue weighted by Crippen LogP contribution is 2.30. The largest absolute Gasteiger partial charge is 0.380 e. The van der Waals surface area contributed by atoms with E-state index < -0.39 is 4.92 Å². The third-order valence-corrected chi connectivity index (χ3v) is 4.88. The highest BCUT2D eigenvalue weighted by Gasteiger charge is 2.14. The zero-order valence-corrected chi connectivity index (χ0v) is 13.9. The quantitative estimate of drug-likeness (QED) is 0.578. The first-order valence-electron chi connectivity index (χ1n) is 5.91. The second kappa shape index (κ2) is 6.37. The third-order valence-electron chi connectivity index (χ3n) is 2.92. The van der Waals surface area contributed by atoms with Crippen LogP contribution in [0.4, 0.5) is 11.4 Å². The summed E-state index contributed by atoms with van der Waals surface area (Å²) in [5, 5.41) is 14.2. The van der Waals surface area contributed by atoms with Crippen molar-refractivity contribution in [3.63, 3.8) is 0 Å². The number of benzene rings is 2. The number of nitro benzene ring substituents is 1. The SMILES string of the molecule is Cc1cccc(NCc2cccc([N+](=O)[O-])c2Br)c1Br. The third kappa shape index (κ3) is 3.19. The van der Waals surface area contributed by atoms with E-state index in [2.05, 4.69) is 37.2 Å². The summed E-state index contributed by atoms with van der Waals surface area (Å²) in [6.45, 7) is 2.52. The monoisotopic (exact) mass is 398 g/mol. The van der Waals surface area contributed by atoms with Gasteiger partial charge in [-0.15, -0.1) is 0 Å². The number of anilines is 1. The molecule has 0 aliphatic carbocycles. The lowest BCUT2D eigenvalue weighted by Gasteiger charge is -2.11. The van der Waals surface area contributed by atoms with E-state index in [9.17, 15) is 10.1 Å². The normalized spacial score (nSPS) is 10.3. The van der Waals surface area contributed by atoms with Crippen LogP contribution < -0.4 is 5.32 Å². The summed E-state index contributed by atoms with van der Waals surface area (Å²) in [6.07, 6.45) is 0. The van der Waals surface area contributed by atoms with Crippen molar-refractivity contribution in [1.29, 1.82) is 0 Å². The van der Waals surface area contributed by atoms with Crippen molar-refractivity contribution in [1.82, 2.24) is 0 Å². The van der Waals surface area contributed by atoms with Gasteiger partial charge in [0.25, 0.3) is 5.69 Å². The van der Waals surface area contributed by atoms with E-state index in [1.54, 1.807) is 6.07 Å². The van der Waals surface area contributed by atoms with Crippen LogP contribution in [-0.4, -0.2) is 4.92 Å². The molecule has 0 aromatic heterocycles. The van der Waals surface area contributed by atoms with E-state index in [-0.39, 0.29) is 5.69 Å². The van der Waals surface area contributed by atoms with Gasteiger partial charge >= 0.3 is 0 Å². The first kappa shape index (κ1) is 15.0. The number of nitro groups is 1. The van der Waals surface area contributed by atoms with E-state index in [1.165, 1.54) is 6.07 Å². The molecule has 2 aromatic rings. The molecule has 6 heteroatoms. The Morgan fingerprint density at radius 1 is 1.15 bits per heavy atom. The minimum atomic E-state index is -0.393. The molecular formula is C14H12Br2N2O2. The molecule has 0 radical (unpaired) electrons. The van der Waals surface area contributed by atoms with Gasteiger partial charge in [0.05, 0.1) is 4.92 Å². The smallest absolute Gasteiger partial charge is 0.283 e. The fourth-order valence-corrected chi connectivity index (χ4v) is 2.77. The van der Waals surface area contributed by atoms with Crippen molar-refractivity contribution in [3.8, 4) is 0 Å². The Morgan fingerprint density at radius 3 is 2.55 bits per heavy atom. The van der Waals surface area contributed by atoms with Crippen LogP contribution in [0.5, 0.6) is 0 Å². The number of hydrogen-bond donors (Lipinski definition) is 1. The number of hydrogen-bond acceptors (Lipinski definition) is 3. The first-order valence-corrected chi connectivity index (χ1v) is 7.50. The van der Waals surface area contributed by atoms with Gasteiger partial charge < -0.3 is 5.32 Å². The predicted molar refractivity (Wildman–Crippen MR) is 87.0 cm³/mol. The van der Waals surface area contributed by atoms with Crippen molar-refractivity contribution in [2.45, 2.75) is 13.5 Å². The molecule has 0 amide bonds. The Labute approximate surface area is 133 Å². The number of nitrogens with zero attached hydrogens (tertiary/aromatic N) is 1. The molecule has 0 unspecified atom stereocenters. The number of aryl methyl sites for hydroxylation is 1. The fourth-order valence-electron chi connectivity index (χ4n) is 1.82. The molecule has 104 valence electrons. The summed E-state index contributed by atoms with van der Waals surface area (Å²) < 4.78 is 1.52. The molecule has 0 saturated carbocycles. The Bertz CT molecular complexity index is 660. The molecule has 0 heterocycles. The van der Waals surface area contributed by atoms with Gasteiger partial charge in [-0.25, -0.2) is 0 Å². The zero-order valence-electron chi connectivity index (χ0n) is 10.7. The van der Waals surface area contributed by atoms with Crippen LogP contribution in [-0.2, 0) is 6.54 Å². The van der Waals surface area contributed by atoms with Gasteiger partial charge in [0.2, 0.25) is 0 Å². The van der Waals surface area contributed by atoms with Crippen LogP contribution in [0, 0.1) is 17.0 Å². The van der Waals surface area contributed by atoms with Crippen molar-refractivity contribution >= 4 is 43.2 Å². The van der Waals surface area contributed by atoms with Gasteiger partial charge in [-0.3, -0.25) is 10.1 Å². The Morgan fingerprint density at radius 2 is 1.85 bits per heavy atom. The maximum absolute atomic E-state index is 10.9. The fraction of sp³-hybridized carbons (Fsp3) is 0.143. The molecule has 0 atom stereocenters. The molecule has 1 N–H and O–H groups in total. The molecular weight excluding hydrogens is 388 g/mol. The van der Waals surface area contributed by atoms with E-state index in [0.717, 1.165) is 21.3 Å². The number of halogens is 2. The lowest BCUT2D eigenvalue weighted by Crippen LogP contribution is -2.02. The van der Waals surface area contributed by atoms with Crippen molar-refractivity contribution in [3.05, 3.63) is 66.6 Å². The zero-order chi connectivity index (χ0) is 14.7. The van der Waals surface area contributed by atoms with Gasteiger partial charge in [0.15, 0.2) is 0 Å². The second-order valence-electron chi connectivity index (χ2n) is 4.30. The van der Waals surface area contributed by atoms with Gasteiger partial charge in [-0.2, -0.15) is 0 Å². The summed E-state index contributed by atoms with van der Waals surface area (Å²) >= 11 is 6.82. The van der Waals surface area contributed by atoms with Crippen LogP contribution in [0.15, 0.2) is 45.3 Å². The average Bonchev–Trinajstić information content (AvgIpc) is 2.41. The summed E-state index contributed by atoms with van der Waals surface area (Å²) in [7, 11) is 0. The minimum Gasteiger partial charge on any atom is -0.380 e. The topological polar surface area (TPSA) is 55.2 Å². The van der Waals surface area contributed by atoms with Gasteiger partial charge in [0, 0.05) is 22.8 Å². The van der Waals surface area contributed by atoms with Crippen LogP contribution in [0.3, 0.4) is 0 Å². The van der Waals surface area contributed by atoms with Crippen LogP contribution >= 0.6 is 31.9 Å². The standard InChI is InChI=1S/C14H12Br2N2O2/c1-9-4-2-6-11(13(9)15)17-8-10-5-3-7-12(14(10)16)18(19)20/h2-7,17H,8H2,1H3. The number of nitrogens with one attached hydrogen (secondary N) is 1. The lowest BCUT2D eigenvalue weighted by atomic mass is 10.2. The van der Waals surface area contributed by atoms with Crippen LogP contribution in [0.25, 0.3) is 0 Å². The molecule has 0 aliphatic heterocycles. The summed E-state index contributed by atoms with van der Waals surface area (Å²) in [5.41, 5.74) is 3.01. The Kier molecular flexibility index (Phi) is 4.77. The molecule has 2 rings (SSSR count). The molecule has 0 spiro atoms. The average molecular weight is 400 g/mol. The summed E-state index contributed by atoms with van der Waals surface area (Å²) in [5.74, 6) is 0. The van der Waals surface area contributed by atoms with Gasteiger partial charge in [-0.05, 0) is 56.0 Å². The van der Waals surface area contributed by atoms with E-state index in [4.69, 9.17) is 0 Å². The molecule has 0 aliphatic rings. The highest BCUT2D eigenvalue weighted by atomic mass is 79.9. The second-order valence-corrected chi connectivity index (χ2v) is 5.88. The molecule has 0 fully saturated rings. The molecule has 2 aromatic carbocycles. The lowest BCUT2D eigenvalue weighted by molar-refractivity contribution is -0.385. The van der Waals surface area contributed by atoms with Crippen LogP contribution in [0.1, 0.15) is 11.1 Å². The summed E-state index contributed by atoms with van der Waals surface area (Å²) in [6, 6.07) is 11.0. The van der Waals surface area contributed by atoms with E-state index in [0.29, 0.717) is 11.0 Å². The van der Waals surface area contributed by atoms with Gasteiger partial charge in [0.1, 0.15) is 4.47 Å². The first-order chi connectivity index (χ1) is 9.50. The number of rotatable bonds is 4. The minimum absolute atomic E-state index is 0.0765. The molecule has 0 bridgehead atoms. The Balaban J connectivity index is 2.21.